The van der Waals surface area contributed by atoms with E-state index >= 15 is 0 Å². The molecule has 1 heterocycles. The van der Waals surface area contributed by atoms with E-state index in [1.807, 2.05) is 0 Å². The Kier molecular flexibility index (Phi) is 4.20. The molecule has 0 amide bonds. The van der Waals surface area contributed by atoms with Gasteiger partial charge in [0.1, 0.15) is 0 Å². The fourth-order valence-electron chi connectivity index (χ4n) is 1.57. The number of rotatable bonds is 4. The van der Waals surface area contributed by atoms with Gasteiger partial charge in [-0.05, 0) is 31.2 Å². The maximum Gasteiger partial charge on any atom is 0.0193 e. The molecule has 0 aromatic carbocycles. The van der Waals surface area contributed by atoms with Crippen molar-refractivity contribution in [3.8, 4) is 0 Å². The minimum atomic E-state index is 0.456. The third-order valence-corrected chi connectivity index (χ3v) is 3.12. The summed E-state index contributed by atoms with van der Waals surface area (Å²) in [6.45, 7) is 10.4. The zero-order valence-corrected chi connectivity index (χ0v) is 9.32. The SMILES string of the molecule is CCC(C)(C)CNC1CCCNC1. The second kappa shape index (κ2) is 4.97. The fraction of sp³-hybridized carbons (Fsp3) is 1.00. The molecule has 1 saturated heterocycles. The first-order chi connectivity index (χ1) is 6.14. The van der Waals surface area contributed by atoms with Crippen LogP contribution in [0.1, 0.15) is 40.0 Å². The molecule has 1 unspecified atom stereocenters. The molecule has 2 heteroatoms. The highest BCUT2D eigenvalue weighted by Gasteiger charge is 2.18. The second-order valence-electron chi connectivity index (χ2n) is 4.94. The van der Waals surface area contributed by atoms with Crippen LogP contribution in [0.4, 0.5) is 0 Å². The second-order valence-corrected chi connectivity index (χ2v) is 4.94. The standard InChI is InChI=1S/C11H24N2/c1-4-11(2,3)9-13-10-6-5-7-12-8-10/h10,12-13H,4-9H2,1-3H3. The van der Waals surface area contributed by atoms with E-state index in [1.54, 1.807) is 0 Å². The molecule has 78 valence electrons. The lowest BCUT2D eigenvalue weighted by molar-refractivity contribution is 0.287. The van der Waals surface area contributed by atoms with Gasteiger partial charge in [-0.3, -0.25) is 0 Å². The first-order valence-electron chi connectivity index (χ1n) is 5.58. The van der Waals surface area contributed by atoms with E-state index < -0.39 is 0 Å². The predicted molar refractivity (Wildman–Crippen MR) is 58.0 cm³/mol. The summed E-state index contributed by atoms with van der Waals surface area (Å²) in [5.41, 5.74) is 0.456. The molecule has 1 rings (SSSR count). The lowest BCUT2D eigenvalue weighted by Gasteiger charge is -2.29. The summed E-state index contributed by atoms with van der Waals surface area (Å²) in [7, 11) is 0. The van der Waals surface area contributed by atoms with Crippen molar-refractivity contribution in [1.82, 2.24) is 10.6 Å². The molecule has 1 fully saturated rings. The lowest BCUT2D eigenvalue weighted by Crippen LogP contribution is -2.46. The molecule has 0 saturated carbocycles. The van der Waals surface area contributed by atoms with E-state index in [9.17, 15) is 0 Å². The van der Waals surface area contributed by atoms with Crippen molar-refractivity contribution in [2.45, 2.75) is 46.1 Å². The Morgan fingerprint density at radius 2 is 2.23 bits per heavy atom. The quantitative estimate of drug-likeness (QED) is 0.696. The van der Waals surface area contributed by atoms with Crippen LogP contribution in [-0.2, 0) is 0 Å². The summed E-state index contributed by atoms with van der Waals surface area (Å²) >= 11 is 0. The van der Waals surface area contributed by atoms with Crippen LogP contribution in [0.15, 0.2) is 0 Å². The van der Waals surface area contributed by atoms with Crippen molar-refractivity contribution in [2.24, 2.45) is 5.41 Å². The summed E-state index contributed by atoms with van der Waals surface area (Å²) < 4.78 is 0. The maximum atomic E-state index is 3.65. The van der Waals surface area contributed by atoms with E-state index in [0.29, 0.717) is 11.5 Å². The van der Waals surface area contributed by atoms with E-state index in [4.69, 9.17) is 0 Å². The zero-order valence-electron chi connectivity index (χ0n) is 9.32. The monoisotopic (exact) mass is 184 g/mol. The Bertz CT molecular complexity index is 137. The van der Waals surface area contributed by atoms with Crippen molar-refractivity contribution < 1.29 is 0 Å². The van der Waals surface area contributed by atoms with Crippen LogP contribution in [0.2, 0.25) is 0 Å². The third kappa shape index (κ3) is 4.10. The average Bonchev–Trinajstić information content (AvgIpc) is 2.17. The van der Waals surface area contributed by atoms with Crippen molar-refractivity contribution >= 4 is 0 Å². The molecule has 0 aromatic heterocycles. The van der Waals surface area contributed by atoms with Crippen LogP contribution >= 0.6 is 0 Å². The molecule has 1 aliphatic heterocycles. The van der Waals surface area contributed by atoms with Gasteiger partial charge >= 0.3 is 0 Å². The topological polar surface area (TPSA) is 24.1 Å². The Labute approximate surface area is 82.5 Å². The van der Waals surface area contributed by atoms with E-state index in [1.165, 1.54) is 25.8 Å². The zero-order chi connectivity index (χ0) is 9.73. The van der Waals surface area contributed by atoms with Crippen LogP contribution in [0, 0.1) is 5.41 Å². The molecular weight excluding hydrogens is 160 g/mol. The molecule has 0 aliphatic carbocycles. The van der Waals surface area contributed by atoms with Crippen molar-refractivity contribution in [3.05, 3.63) is 0 Å². The van der Waals surface area contributed by atoms with Gasteiger partial charge < -0.3 is 10.6 Å². The number of hydrogen-bond donors (Lipinski definition) is 2. The smallest absolute Gasteiger partial charge is 0.0193 e. The van der Waals surface area contributed by atoms with Gasteiger partial charge in [0.15, 0.2) is 0 Å². The molecule has 2 nitrogen and oxygen atoms in total. The highest BCUT2D eigenvalue weighted by Crippen LogP contribution is 2.18. The van der Waals surface area contributed by atoms with Gasteiger partial charge in [-0.15, -0.1) is 0 Å². The van der Waals surface area contributed by atoms with E-state index in [-0.39, 0.29) is 0 Å². The van der Waals surface area contributed by atoms with Gasteiger partial charge in [0.2, 0.25) is 0 Å². The van der Waals surface area contributed by atoms with Crippen molar-refractivity contribution in [1.29, 1.82) is 0 Å². The third-order valence-electron chi connectivity index (χ3n) is 3.12. The van der Waals surface area contributed by atoms with Crippen LogP contribution < -0.4 is 10.6 Å². The lowest BCUT2D eigenvalue weighted by atomic mass is 9.90. The average molecular weight is 184 g/mol. The first-order valence-corrected chi connectivity index (χ1v) is 5.58. The van der Waals surface area contributed by atoms with Gasteiger partial charge in [-0.1, -0.05) is 20.8 Å². The molecule has 0 aromatic rings. The highest BCUT2D eigenvalue weighted by molar-refractivity contribution is 4.78. The molecule has 1 atom stereocenters. The number of hydrogen-bond acceptors (Lipinski definition) is 2. The van der Waals surface area contributed by atoms with Crippen molar-refractivity contribution in [2.75, 3.05) is 19.6 Å². The molecule has 0 spiro atoms. The molecule has 0 bridgehead atoms. The summed E-state index contributed by atoms with van der Waals surface area (Å²) in [5, 5.41) is 7.08. The Morgan fingerprint density at radius 1 is 1.46 bits per heavy atom. The van der Waals surface area contributed by atoms with Crippen LogP contribution in [0.25, 0.3) is 0 Å². The van der Waals surface area contributed by atoms with Gasteiger partial charge in [-0.25, -0.2) is 0 Å². The van der Waals surface area contributed by atoms with Gasteiger partial charge in [0.05, 0.1) is 0 Å². The fourth-order valence-corrected chi connectivity index (χ4v) is 1.57. The van der Waals surface area contributed by atoms with Crippen LogP contribution in [0.3, 0.4) is 0 Å². The summed E-state index contributed by atoms with van der Waals surface area (Å²) in [6, 6.07) is 0.708. The molecule has 1 aliphatic rings. The predicted octanol–water partition coefficient (Wildman–Crippen LogP) is 1.76. The first kappa shape index (κ1) is 11.0. The molecule has 0 radical (unpaired) electrons. The van der Waals surface area contributed by atoms with E-state index in [0.717, 1.165) is 13.1 Å². The van der Waals surface area contributed by atoms with Gasteiger partial charge in [0, 0.05) is 19.1 Å². The van der Waals surface area contributed by atoms with Gasteiger partial charge in [-0.2, -0.15) is 0 Å². The van der Waals surface area contributed by atoms with Gasteiger partial charge in [0.25, 0.3) is 0 Å². The Balaban J connectivity index is 2.17. The van der Waals surface area contributed by atoms with Crippen LogP contribution in [-0.4, -0.2) is 25.7 Å². The highest BCUT2D eigenvalue weighted by atomic mass is 15.0. The Morgan fingerprint density at radius 3 is 2.77 bits per heavy atom. The normalized spacial score (nSPS) is 24.7. The van der Waals surface area contributed by atoms with E-state index in [2.05, 4.69) is 31.4 Å². The summed E-state index contributed by atoms with van der Waals surface area (Å²) in [5.74, 6) is 0. The van der Waals surface area contributed by atoms with Crippen LogP contribution in [0.5, 0.6) is 0 Å². The molecule has 2 N–H and O–H groups in total. The summed E-state index contributed by atoms with van der Waals surface area (Å²) in [6.07, 6.45) is 3.91. The summed E-state index contributed by atoms with van der Waals surface area (Å²) in [4.78, 5) is 0. The molecular formula is C11H24N2. The number of piperidine rings is 1. The Hall–Kier alpha value is -0.0800. The minimum absolute atomic E-state index is 0.456. The minimum Gasteiger partial charge on any atom is -0.315 e. The number of nitrogens with one attached hydrogen (secondary N) is 2. The largest absolute Gasteiger partial charge is 0.315 e. The van der Waals surface area contributed by atoms with Crippen molar-refractivity contribution in [3.63, 3.8) is 0 Å². The molecule has 13 heavy (non-hydrogen) atoms. The maximum absolute atomic E-state index is 3.65.